The van der Waals surface area contributed by atoms with Crippen LogP contribution in [0.15, 0.2) is 16.8 Å². The highest BCUT2D eigenvalue weighted by atomic mass is 32.2. The zero-order valence-corrected chi connectivity index (χ0v) is 9.51. The Bertz CT molecular complexity index is 377. The summed E-state index contributed by atoms with van der Waals surface area (Å²) < 4.78 is 11.5. The van der Waals surface area contributed by atoms with Gasteiger partial charge in [-0.15, -0.1) is 0 Å². The third-order valence-electron chi connectivity index (χ3n) is 2.35. The van der Waals surface area contributed by atoms with E-state index in [1.807, 2.05) is 16.8 Å². The van der Waals surface area contributed by atoms with Crippen molar-refractivity contribution in [1.29, 1.82) is 0 Å². The Balaban J connectivity index is 2.14. The first-order valence-electron chi connectivity index (χ1n) is 4.53. The van der Waals surface area contributed by atoms with Crippen molar-refractivity contribution in [3.63, 3.8) is 0 Å². The second-order valence-corrected chi connectivity index (χ2v) is 5.77. The van der Waals surface area contributed by atoms with E-state index in [2.05, 4.69) is 5.32 Å². The quantitative estimate of drug-likeness (QED) is 0.800. The molecule has 1 saturated heterocycles. The Kier molecular flexibility index (Phi) is 3.18. The maximum atomic E-state index is 11.5. The van der Waals surface area contributed by atoms with E-state index < -0.39 is 22.8 Å². The Morgan fingerprint density at radius 1 is 1.60 bits per heavy atom. The van der Waals surface area contributed by atoms with Crippen LogP contribution in [0.25, 0.3) is 0 Å². The molecule has 0 amide bonds. The van der Waals surface area contributed by atoms with Gasteiger partial charge < -0.3 is 5.11 Å². The first-order valence-corrected chi connectivity index (χ1v) is 6.96. The zero-order valence-electron chi connectivity index (χ0n) is 7.88. The summed E-state index contributed by atoms with van der Waals surface area (Å²) in [4.78, 5) is 10.8. The summed E-state index contributed by atoms with van der Waals surface area (Å²) in [6.45, 7) is 0. The molecule has 1 aliphatic heterocycles. The molecule has 82 valence electrons. The van der Waals surface area contributed by atoms with Crippen LogP contribution in [0.5, 0.6) is 0 Å². The molecule has 15 heavy (non-hydrogen) atoms. The van der Waals surface area contributed by atoms with Gasteiger partial charge in [-0.05, 0) is 22.4 Å². The summed E-state index contributed by atoms with van der Waals surface area (Å²) in [7, 11) is -1.04. The van der Waals surface area contributed by atoms with Gasteiger partial charge in [0.15, 0.2) is 0 Å². The number of carboxylic acids is 1. The number of carbonyl (C=O) groups is 1. The fraction of sp³-hybridized carbons (Fsp3) is 0.444. The minimum absolute atomic E-state index is 0.0908. The predicted octanol–water partition coefficient (Wildman–Crippen LogP) is 0.594. The molecule has 0 radical (unpaired) electrons. The molecule has 0 spiro atoms. The monoisotopic (exact) mass is 245 g/mol. The van der Waals surface area contributed by atoms with Crippen molar-refractivity contribution < 1.29 is 14.1 Å². The van der Waals surface area contributed by atoms with E-state index in [1.165, 1.54) is 0 Å². The van der Waals surface area contributed by atoms with E-state index in [0.29, 0.717) is 5.75 Å². The van der Waals surface area contributed by atoms with Gasteiger partial charge in [0, 0.05) is 28.3 Å². The highest BCUT2D eigenvalue weighted by Gasteiger charge is 2.30. The average Bonchev–Trinajstić information content (AvgIpc) is 2.69. The fourth-order valence-electron chi connectivity index (χ4n) is 1.59. The molecule has 2 heterocycles. The van der Waals surface area contributed by atoms with Gasteiger partial charge in [-0.2, -0.15) is 11.3 Å². The lowest BCUT2D eigenvalue weighted by molar-refractivity contribution is -0.139. The summed E-state index contributed by atoms with van der Waals surface area (Å²) in [5.41, 5.74) is 1.03. The maximum Gasteiger partial charge on any atom is 0.321 e. The van der Waals surface area contributed by atoms with Crippen LogP contribution >= 0.6 is 11.3 Å². The van der Waals surface area contributed by atoms with E-state index in [1.54, 1.807) is 11.3 Å². The maximum absolute atomic E-state index is 11.5. The standard InChI is InChI=1S/C9H11NO3S2/c11-9(12)8-5-15(13)4-7(10-8)6-1-2-14-3-6/h1-3,7-8,10H,4-5H2,(H,11,12). The normalized spacial score (nSPS) is 31.3. The number of carboxylic acid groups (broad SMARTS) is 1. The van der Waals surface area contributed by atoms with Gasteiger partial charge in [0.1, 0.15) is 6.04 Å². The van der Waals surface area contributed by atoms with Crippen LogP contribution in [0.3, 0.4) is 0 Å². The molecule has 0 saturated carbocycles. The molecule has 3 atom stereocenters. The summed E-state index contributed by atoms with van der Waals surface area (Å²) >= 11 is 1.56. The van der Waals surface area contributed by atoms with Gasteiger partial charge in [0.25, 0.3) is 0 Å². The molecule has 2 N–H and O–H groups in total. The van der Waals surface area contributed by atoms with Gasteiger partial charge >= 0.3 is 5.97 Å². The fourth-order valence-corrected chi connectivity index (χ4v) is 3.71. The van der Waals surface area contributed by atoms with Crippen molar-refractivity contribution in [1.82, 2.24) is 5.32 Å². The number of nitrogens with one attached hydrogen (secondary N) is 1. The van der Waals surface area contributed by atoms with Crippen LogP contribution in [0, 0.1) is 0 Å². The van der Waals surface area contributed by atoms with Gasteiger partial charge in [0.05, 0.1) is 0 Å². The van der Waals surface area contributed by atoms with Gasteiger partial charge in [-0.1, -0.05) is 0 Å². The van der Waals surface area contributed by atoms with Crippen LogP contribution in [0.4, 0.5) is 0 Å². The molecule has 6 heteroatoms. The largest absolute Gasteiger partial charge is 0.480 e. The van der Waals surface area contributed by atoms with Crippen LogP contribution in [0.1, 0.15) is 11.6 Å². The molecule has 4 nitrogen and oxygen atoms in total. The van der Waals surface area contributed by atoms with E-state index in [4.69, 9.17) is 5.11 Å². The number of aliphatic carboxylic acids is 1. The highest BCUT2D eigenvalue weighted by molar-refractivity contribution is 7.85. The molecule has 2 rings (SSSR count). The van der Waals surface area contributed by atoms with Crippen LogP contribution in [-0.2, 0) is 15.6 Å². The lowest BCUT2D eigenvalue weighted by Gasteiger charge is -2.27. The minimum Gasteiger partial charge on any atom is -0.480 e. The minimum atomic E-state index is -1.04. The average molecular weight is 245 g/mol. The van der Waals surface area contributed by atoms with Crippen LogP contribution in [-0.4, -0.2) is 32.8 Å². The molecule has 0 bridgehead atoms. The second kappa shape index (κ2) is 4.42. The lowest BCUT2D eigenvalue weighted by Crippen LogP contribution is -2.49. The molecular formula is C9H11NO3S2. The van der Waals surface area contributed by atoms with Crippen molar-refractivity contribution in [2.75, 3.05) is 11.5 Å². The van der Waals surface area contributed by atoms with E-state index >= 15 is 0 Å². The van der Waals surface area contributed by atoms with Crippen molar-refractivity contribution in [3.05, 3.63) is 22.4 Å². The van der Waals surface area contributed by atoms with Gasteiger partial charge in [0.2, 0.25) is 0 Å². The van der Waals surface area contributed by atoms with Crippen molar-refractivity contribution in [2.45, 2.75) is 12.1 Å². The Morgan fingerprint density at radius 2 is 2.40 bits per heavy atom. The molecule has 3 unspecified atom stereocenters. The molecule has 0 aromatic carbocycles. The molecule has 1 fully saturated rings. The van der Waals surface area contributed by atoms with E-state index in [-0.39, 0.29) is 11.8 Å². The Labute approximate surface area is 93.8 Å². The molecule has 1 aromatic heterocycles. The van der Waals surface area contributed by atoms with E-state index in [0.717, 1.165) is 5.56 Å². The lowest BCUT2D eigenvalue weighted by atomic mass is 10.1. The second-order valence-electron chi connectivity index (χ2n) is 3.44. The van der Waals surface area contributed by atoms with Crippen LogP contribution < -0.4 is 5.32 Å². The number of thiophene rings is 1. The first-order chi connectivity index (χ1) is 7.16. The van der Waals surface area contributed by atoms with Crippen molar-refractivity contribution in [3.8, 4) is 0 Å². The molecular weight excluding hydrogens is 234 g/mol. The number of hydrogen-bond donors (Lipinski definition) is 2. The summed E-state index contributed by atoms with van der Waals surface area (Å²) in [5, 5.41) is 15.8. The van der Waals surface area contributed by atoms with Gasteiger partial charge in [-0.25, -0.2) is 0 Å². The molecule has 1 aromatic rings. The van der Waals surface area contributed by atoms with Crippen molar-refractivity contribution >= 4 is 28.1 Å². The first kappa shape index (κ1) is 10.8. The Morgan fingerprint density at radius 3 is 3.00 bits per heavy atom. The van der Waals surface area contributed by atoms with Crippen molar-refractivity contribution in [2.24, 2.45) is 0 Å². The number of hydrogen-bond acceptors (Lipinski definition) is 4. The zero-order chi connectivity index (χ0) is 10.8. The highest BCUT2D eigenvalue weighted by Crippen LogP contribution is 2.21. The number of rotatable bonds is 2. The smallest absolute Gasteiger partial charge is 0.321 e. The topological polar surface area (TPSA) is 66.4 Å². The Hall–Kier alpha value is -0.720. The third kappa shape index (κ3) is 2.45. The summed E-state index contributed by atoms with van der Waals surface area (Å²) in [6, 6.07) is 1.15. The SMILES string of the molecule is O=C(O)C1CS(=O)CC(c2ccsc2)N1. The van der Waals surface area contributed by atoms with Gasteiger partial charge in [-0.3, -0.25) is 14.3 Å². The van der Waals surface area contributed by atoms with E-state index in [9.17, 15) is 9.00 Å². The summed E-state index contributed by atoms with van der Waals surface area (Å²) in [6.07, 6.45) is 0. The predicted molar refractivity (Wildman–Crippen MR) is 59.5 cm³/mol. The summed E-state index contributed by atoms with van der Waals surface area (Å²) in [5.74, 6) is -0.223. The third-order valence-corrected chi connectivity index (χ3v) is 4.46. The molecule has 0 aliphatic carbocycles. The van der Waals surface area contributed by atoms with Crippen LogP contribution in [0.2, 0.25) is 0 Å². The molecule has 1 aliphatic rings.